The molecule has 7 nitrogen and oxygen atoms in total. The quantitative estimate of drug-likeness (QED) is 0.657. The minimum atomic E-state index is -3.66. The minimum absolute atomic E-state index is 0. The number of nitrogens with zero attached hydrogens (tertiary/aromatic N) is 2. The molecule has 1 unspecified atom stereocenters. The maximum Gasteiger partial charge on any atom is 0.270 e. The smallest absolute Gasteiger partial charge is 0.270 e. The Morgan fingerprint density at radius 2 is 2.15 bits per heavy atom. The summed E-state index contributed by atoms with van der Waals surface area (Å²) >= 11 is 0. The second-order valence-electron chi connectivity index (χ2n) is 4.51. The lowest BCUT2D eigenvalue weighted by Crippen LogP contribution is -2.30. The molecule has 0 aromatic heterocycles. The van der Waals surface area contributed by atoms with E-state index in [0.29, 0.717) is 19.6 Å². The molecule has 0 aliphatic carbocycles. The van der Waals surface area contributed by atoms with Gasteiger partial charge in [-0.1, -0.05) is 6.07 Å². The molecule has 0 amide bonds. The number of nitrogens with two attached hydrogens (primary N) is 1. The van der Waals surface area contributed by atoms with Gasteiger partial charge in [0, 0.05) is 25.2 Å². The van der Waals surface area contributed by atoms with Crippen LogP contribution < -0.4 is 5.73 Å². The third-order valence-corrected chi connectivity index (χ3v) is 5.11. The third-order valence-electron chi connectivity index (χ3n) is 3.25. The fourth-order valence-electron chi connectivity index (χ4n) is 2.11. The van der Waals surface area contributed by atoms with Crippen molar-refractivity contribution in [2.24, 2.45) is 11.7 Å². The SMILES string of the molecule is Cl.NCC1CCN(S(=O)(=O)c2cccc([N+](=O)[O-])c2)C1. The molecular formula is C11H16ClN3O4S. The van der Waals surface area contributed by atoms with Crippen LogP contribution in [0.2, 0.25) is 0 Å². The van der Waals surface area contributed by atoms with Crippen LogP contribution in [0.1, 0.15) is 6.42 Å². The fourth-order valence-corrected chi connectivity index (χ4v) is 3.69. The van der Waals surface area contributed by atoms with Crippen molar-refractivity contribution in [1.29, 1.82) is 0 Å². The summed E-state index contributed by atoms with van der Waals surface area (Å²) in [6, 6.07) is 5.11. The summed E-state index contributed by atoms with van der Waals surface area (Å²) in [5, 5.41) is 10.7. The molecule has 9 heteroatoms. The number of hydrogen-bond acceptors (Lipinski definition) is 5. The normalized spacial score (nSPS) is 19.6. The number of nitro groups is 1. The Bertz CT molecular complexity index is 593. The molecule has 1 atom stereocenters. The second-order valence-corrected chi connectivity index (χ2v) is 6.45. The lowest BCUT2D eigenvalue weighted by Gasteiger charge is -2.16. The highest BCUT2D eigenvalue weighted by atomic mass is 35.5. The van der Waals surface area contributed by atoms with Gasteiger partial charge in [0.05, 0.1) is 9.82 Å². The zero-order valence-electron chi connectivity index (χ0n) is 10.6. The number of nitro benzene ring substituents is 1. The fraction of sp³-hybridized carbons (Fsp3) is 0.455. The van der Waals surface area contributed by atoms with E-state index in [1.165, 1.54) is 22.5 Å². The monoisotopic (exact) mass is 321 g/mol. The van der Waals surface area contributed by atoms with Gasteiger partial charge in [-0.2, -0.15) is 4.31 Å². The highest BCUT2D eigenvalue weighted by Crippen LogP contribution is 2.25. The lowest BCUT2D eigenvalue weighted by atomic mass is 10.1. The molecule has 1 fully saturated rings. The molecule has 1 heterocycles. The number of hydrogen-bond donors (Lipinski definition) is 1. The van der Waals surface area contributed by atoms with Crippen LogP contribution in [0.25, 0.3) is 0 Å². The van der Waals surface area contributed by atoms with E-state index < -0.39 is 14.9 Å². The molecule has 1 aromatic rings. The van der Waals surface area contributed by atoms with Crippen molar-refractivity contribution >= 4 is 28.1 Å². The van der Waals surface area contributed by atoms with Gasteiger partial charge in [0.1, 0.15) is 0 Å². The zero-order chi connectivity index (χ0) is 14.0. The molecule has 2 N–H and O–H groups in total. The van der Waals surface area contributed by atoms with E-state index in [9.17, 15) is 18.5 Å². The highest BCUT2D eigenvalue weighted by molar-refractivity contribution is 7.89. The predicted octanol–water partition coefficient (Wildman–Crippen LogP) is 0.986. The van der Waals surface area contributed by atoms with Crippen LogP contribution in [0.3, 0.4) is 0 Å². The Hall–Kier alpha value is -1.22. The molecule has 0 saturated carbocycles. The van der Waals surface area contributed by atoms with Crippen LogP contribution >= 0.6 is 12.4 Å². The second kappa shape index (κ2) is 6.49. The molecule has 0 radical (unpaired) electrons. The molecular weight excluding hydrogens is 306 g/mol. The number of sulfonamides is 1. The van der Waals surface area contributed by atoms with Crippen LogP contribution in [0.5, 0.6) is 0 Å². The van der Waals surface area contributed by atoms with Crippen molar-refractivity contribution in [3.63, 3.8) is 0 Å². The summed E-state index contributed by atoms with van der Waals surface area (Å²) in [5.41, 5.74) is 5.30. The van der Waals surface area contributed by atoms with Crippen molar-refractivity contribution in [1.82, 2.24) is 4.31 Å². The van der Waals surface area contributed by atoms with Crippen LogP contribution in [0, 0.1) is 16.0 Å². The molecule has 1 aliphatic rings. The maximum absolute atomic E-state index is 12.3. The standard InChI is InChI=1S/C11H15N3O4S.ClH/c12-7-9-4-5-13(8-9)19(17,18)11-3-1-2-10(6-11)14(15)16;/h1-3,6,9H,4-5,7-8,12H2;1H. The molecule has 1 aromatic carbocycles. The number of halogens is 1. The first kappa shape index (κ1) is 16.8. The Kier molecular flexibility index (Phi) is 5.46. The Balaban J connectivity index is 0.00000200. The molecule has 20 heavy (non-hydrogen) atoms. The van der Waals surface area contributed by atoms with Gasteiger partial charge in [-0.05, 0) is 24.9 Å². The van der Waals surface area contributed by atoms with E-state index in [4.69, 9.17) is 5.73 Å². The Labute approximate surface area is 123 Å². The maximum atomic E-state index is 12.3. The number of rotatable bonds is 4. The van der Waals surface area contributed by atoms with Crippen molar-refractivity contribution in [2.75, 3.05) is 19.6 Å². The number of non-ortho nitro benzene ring substituents is 1. The molecule has 1 aliphatic heterocycles. The van der Waals surface area contributed by atoms with Crippen LogP contribution in [0.4, 0.5) is 5.69 Å². The van der Waals surface area contributed by atoms with Gasteiger partial charge in [0.15, 0.2) is 0 Å². The zero-order valence-corrected chi connectivity index (χ0v) is 12.3. The van der Waals surface area contributed by atoms with Crippen molar-refractivity contribution in [2.45, 2.75) is 11.3 Å². The lowest BCUT2D eigenvalue weighted by molar-refractivity contribution is -0.385. The van der Waals surface area contributed by atoms with Crippen LogP contribution in [0.15, 0.2) is 29.2 Å². The van der Waals surface area contributed by atoms with E-state index >= 15 is 0 Å². The van der Waals surface area contributed by atoms with Gasteiger partial charge in [-0.15, -0.1) is 12.4 Å². The topological polar surface area (TPSA) is 107 Å². The number of benzene rings is 1. The first-order chi connectivity index (χ1) is 8.95. The summed E-state index contributed by atoms with van der Waals surface area (Å²) in [4.78, 5) is 10.0. The van der Waals surface area contributed by atoms with Gasteiger partial charge in [0.2, 0.25) is 10.0 Å². The third kappa shape index (κ3) is 3.26. The predicted molar refractivity (Wildman–Crippen MR) is 76.3 cm³/mol. The average molecular weight is 322 g/mol. The summed E-state index contributed by atoms with van der Waals surface area (Å²) in [6.45, 7) is 1.23. The molecule has 1 saturated heterocycles. The molecule has 112 valence electrons. The van der Waals surface area contributed by atoms with Crippen molar-refractivity contribution < 1.29 is 13.3 Å². The van der Waals surface area contributed by atoms with E-state index in [0.717, 1.165) is 12.5 Å². The summed E-state index contributed by atoms with van der Waals surface area (Å²) in [7, 11) is -3.66. The largest absolute Gasteiger partial charge is 0.330 e. The Morgan fingerprint density at radius 1 is 1.45 bits per heavy atom. The minimum Gasteiger partial charge on any atom is -0.330 e. The van der Waals surface area contributed by atoms with Crippen LogP contribution in [-0.4, -0.2) is 37.3 Å². The van der Waals surface area contributed by atoms with E-state index in [1.807, 2.05) is 0 Å². The highest BCUT2D eigenvalue weighted by Gasteiger charge is 2.32. The first-order valence-corrected chi connectivity index (χ1v) is 7.34. The van der Waals surface area contributed by atoms with Gasteiger partial charge < -0.3 is 5.73 Å². The average Bonchev–Trinajstić information content (AvgIpc) is 2.88. The van der Waals surface area contributed by atoms with Gasteiger partial charge >= 0.3 is 0 Å². The van der Waals surface area contributed by atoms with E-state index in [1.54, 1.807) is 0 Å². The molecule has 0 bridgehead atoms. The molecule has 2 rings (SSSR count). The summed E-state index contributed by atoms with van der Waals surface area (Å²) < 4.78 is 26.0. The van der Waals surface area contributed by atoms with Crippen molar-refractivity contribution in [3.8, 4) is 0 Å². The van der Waals surface area contributed by atoms with E-state index in [2.05, 4.69) is 0 Å². The summed E-state index contributed by atoms with van der Waals surface area (Å²) in [6.07, 6.45) is 0.727. The van der Waals surface area contributed by atoms with Crippen LogP contribution in [-0.2, 0) is 10.0 Å². The van der Waals surface area contributed by atoms with E-state index in [-0.39, 0.29) is 28.9 Å². The van der Waals surface area contributed by atoms with Crippen molar-refractivity contribution in [3.05, 3.63) is 34.4 Å². The van der Waals surface area contributed by atoms with Gasteiger partial charge in [-0.3, -0.25) is 10.1 Å². The summed E-state index contributed by atoms with van der Waals surface area (Å²) in [5.74, 6) is 0.161. The molecule has 0 spiro atoms. The van der Waals surface area contributed by atoms with Gasteiger partial charge in [-0.25, -0.2) is 8.42 Å². The first-order valence-electron chi connectivity index (χ1n) is 5.90. The van der Waals surface area contributed by atoms with Gasteiger partial charge in [0.25, 0.3) is 5.69 Å². The Morgan fingerprint density at radius 3 is 2.70 bits per heavy atom.